The number of hydrogen-bond donors (Lipinski definition) is 0. The van der Waals surface area contributed by atoms with Gasteiger partial charge in [0.25, 0.3) is 0 Å². The predicted molar refractivity (Wildman–Crippen MR) is 86.3 cm³/mol. The fourth-order valence-electron chi connectivity index (χ4n) is 2.13. The van der Waals surface area contributed by atoms with E-state index in [0.717, 1.165) is 11.3 Å². The van der Waals surface area contributed by atoms with Gasteiger partial charge >= 0.3 is 11.9 Å². The standard InChI is InChI=1S/C17H20O4S/c1-16(2,3)21-15(19)14(18)20-13-10-11-22-17(13,4)12-8-6-5-7-9-12/h5-10H,11H2,1-4H3. The second-order valence-electron chi connectivity index (χ2n) is 6.17. The SMILES string of the molecule is CC(C)(C)OC(=O)C(=O)OC1=CCSC1(C)c1ccccc1. The molecule has 0 radical (unpaired) electrons. The lowest BCUT2D eigenvalue weighted by Crippen LogP contribution is -2.31. The largest absolute Gasteiger partial charge is 0.452 e. The van der Waals surface area contributed by atoms with E-state index in [-0.39, 0.29) is 0 Å². The van der Waals surface area contributed by atoms with E-state index >= 15 is 0 Å². The van der Waals surface area contributed by atoms with Crippen molar-refractivity contribution >= 4 is 23.7 Å². The van der Waals surface area contributed by atoms with Crippen LogP contribution in [0, 0.1) is 0 Å². The number of benzene rings is 1. The molecule has 118 valence electrons. The zero-order chi connectivity index (χ0) is 16.4. The molecule has 0 N–H and O–H groups in total. The smallest absolute Gasteiger partial charge is 0.422 e. The number of ether oxygens (including phenoxy) is 2. The Labute approximate surface area is 134 Å². The van der Waals surface area contributed by atoms with Crippen LogP contribution in [-0.4, -0.2) is 23.3 Å². The molecule has 0 aromatic heterocycles. The maximum absolute atomic E-state index is 11.9. The van der Waals surface area contributed by atoms with E-state index in [0.29, 0.717) is 5.76 Å². The van der Waals surface area contributed by atoms with Crippen LogP contribution in [0.1, 0.15) is 33.3 Å². The van der Waals surface area contributed by atoms with Crippen molar-refractivity contribution in [3.63, 3.8) is 0 Å². The van der Waals surface area contributed by atoms with Crippen molar-refractivity contribution in [2.75, 3.05) is 5.75 Å². The summed E-state index contributed by atoms with van der Waals surface area (Å²) < 4.78 is 9.88. The van der Waals surface area contributed by atoms with Gasteiger partial charge in [0.1, 0.15) is 11.4 Å². The predicted octanol–water partition coefficient (Wildman–Crippen LogP) is 3.42. The van der Waals surface area contributed by atoms with Gasteiger partial charge in [-0.3, -0.25) is 0 Å². The molecule has 5 heteroatoms. The molecular formula is C17H20O4S. The zero-order valence-electron chi connectivity index (χ0n) is 13.2. The van der Waals surface area contributed by atoms with Gasteiger partial charge in [0, 0.05) is 5.75 Å². The molecule has 0 aliphatic carbocycles. The summed E-state index contributed by atoms with van der Waals surface area (Å²) in [5, 5.41) is 0. The van der Waals surface area contributed by atoms with Gasteiger partial charge in [-0.25, -0.2) is 9.59 Å². The molecule has 0 saturated carbocycles. The first-order valence-electron chi connectivity index (χ1n) is 7.08. The zero-order valence-corrected chi connectivity index (χ0v) is 14.0. The summed E-state index contributed by atoms with van der Waals surface area (Å²) in [5.74, 6) is -0.742. The van der Waals surface area contributed by atoms with Crippen molar-refractivity contribution < 1.29 is 19.1 Å². The van der Waals surface area contributed by atoms with Gasteiger partial charge in [0.2, 0.25) is 0 Å². The van der Waals surface area contributed by atoms with Crippen molar-refractivity contribution in [1.82, 2.24) is 0 Å². The normalized spacial score (nSPS) is 21.2. The average molecular weight is 320 g/mol. The highest BCUT2D eigenvalue weighted by Crippen LogP contribution is 2.47. The molecule has 2 rings (SSSR count). The van der Waals surface area contributed by atoms with E-state index in [9.17, 15) is 9.59 Å². The maximum atomic E-state index is 11.9. The first-order chi connectivity index (χ1) is 10.2. The number of rotatable bonds is 2. The third-order valence-electron chi connectivity index (χ3n) is 3.20. The molecule has 0 fully saturated rings. The van der Waals surface area contributed by atoms with Gasteiger partial charge in [-0.15, -0.1) is 11.8 Å². The number of carbonyl (C=O) groups excluding carboxylic acids is 2. The minimum atomic E-state index is -0.981. The Kier molecular flexibility index (Phi) is 4.66. The van der Waals surface area contributed by atoms with Crippen LogP contribution < -0.4 is 0 Å². The summed E-state index contributed by atoms with van der Waals surface area (Å²) in [6, 6.07) is 9.77. The van der Waals surface area contributed by atoms with E-state index in [2.05, 4.69) is 0 Å². The Bertz CT molecular complexity index is 601. The summed E-state index contributed by atoms with van der Waals surface area (Å²) in [5.41, 5.74) is 0.304. The van der Waals surface area contributed by atoms with Gasteiger partial charge in [-0.2, -0.15) is 0 Å². The molecule has 1 aliphatic rings. The monoisotopic (exact) mass is 320 g/mol. The van der Waals surface area contributed by atoms with Crippen molar-refractivity contribution in [2.24, 2.45) is 0 Å². The molecular weight excluding hydrogens is 300 g/mol. The first kappa shape index (κ1) is 16.6. The second-order valence-corrected chi connectivity index (χ2v) is 7.61. The van der Waals surface area contributed by atoms with Crippen LogP contribution in [0.25, 0.3) is 0 Å². The Morgan fingerprint density at radius 2 is 1.77 bits per heavy atom. The van der Waals surface area contributed by atoms with Crippen molar-refractivity contribution in [3.05, 3.63) is 47.7 Å². The fourth-order valence-corrected chi connectivity index (χ4v) is 3.27. The topological polar surface area (TPSA) is 52.6 Å². The molecule has 1 aromatic carbocycles. The second kappa shape index (κ2) is 6.16. The summed E-state index contributed by atoms with van der Waals surface area (Å²) >= 11 is 1.65. The number of thioether (sulfide) groups is 1. The highest BCUT2D eigenvalue weighted by molar-refractivity contribution is 8.00. The van der Waals surface area contributed by atoms with Gasteiger partial charge in [0.05, 0.1) is 4.75 Å². The first-order valence-corrected chi connectivity index (χ1v) is 8.06. The van der Waals surface area contributed by atoms with E-state index in [1.165, 1.54) is 0 Å². The molecule has 4 nitrogen and oxygen atoms in total. The van der Waals surface area contributed by atoms with Crippen molar-refractivity contribution in [3.8, 4) is 0 Å². The van der Waals surface area contributed by atoms with Crippen LogP contribution >= 0.6 is 11.8 Å². The molecule has 22 heavy (non-hydrogen) atoms. The Balaban J connectivity index is 2.12. The number of esters is 2. The molecule has 1 unspecified atom stereocenters. The molecule has 1 heterocycles. The lowest BCUT2D eigenvalue weighted by Gasteiger charge is -2.27. The van der Waals surface area contributed by atoms with Crippen LogP contribution in [0.3, 0.4) is 0 Å². The van der Waals surface area contributed by atoms with Crippen LogP contribution in [0.4, 0.5) is 0 Å². The van der Waals surface area contributed by atoms with Crippen molar-refractivity contribution in [1.29, 1.82) is 0 Å². The molecule has 1 aliphatic heterocycles. The summed E-state index contributed by atoms with van der Waals surface area (Å²) in [6.07, 6.45) is 1.83. The fraction of sp³-hybridized carbons (Fsp3) is 0.412. The Hall–Kier alpha value is -1.75. The van der Waals surface area contributed by atoms with E-state index in [1.54, 1.807) is 32.5 Å². The van der Waals surface area contributed by atoms with Gasteiger partial charge in [-0.05, 0) is 39.3 Å². The highest BCUT2D eigenvalue weighted by Gasteiger charge is 2.39. The lowest BCUT2D eigenvalue weighted by molar-refractivity contribution is -0.172. The molecule has 0 amide bonds. The molecule has 1 aromatic rings. The average Bonchev–Trinajstić information content (AvgIpc) is 2.80. The van der Waals surface area contributed by atoms with Crippen LogP contribution in [0.15, 0.2) is 42.2 Å². The van der Waals surface area contributed by atoms with Crippen LogP contribution in [0.5, 0.6) is 0 Å². The molecule has 1 atom stereocenters. The van der Waals surface area contributed by atoms with Crippen molar-refractivity contribution in [2.45, 2.75) is 38.0 Å². The van der Waals surface area contributed by atoms with Gasteiger partial charge in [-0.1, -0.05) is 30.3 Å². The maximum Gasteiger partial charge on any atom is 0.422 e. The van der Waals surface area contributed by atoms with E-state index < -0.39 is 22.3 Å². The summed E-state index contributed by atoms with van der Waals surface area (Å²) in [7, 11) is 0. The minimum absolute atomic E-state index is 0.473. The highest BCUT2D eigenvalue weighted by atomic mass is 32.2. The van der Waals surface area contributed by atoms with E-state index in [4.69, 9.17) is 9.47 Å². The third-order valence-corrected chi connectivity index (χ3v) is 4.55. The van der Waals surface area contributed by atoms with Gasteiger partial charge in [0.15, 0.2) is 0 Å². The molecule has 0 spiro atoms. The molecule has 0 bridgehead atoms. The minimum Gasteiger partial charge on any atom is -0.452 e. The lowest BCUT2D eigenvalue weighted by atomic mass is 9.98. The number of carbonyl (C=O) groups is 2. The third kappa shape index (κ3) is 3.71. The molecule has 0 saturated heterocycles. The van der Waals surface area contributed by atoms with Crippen LogP contribution in [0.2, 0.25) is 0 Å². The quantitative estimate of drug-likeness (QED) is 0.617. The number of hydrogen-bond acceptors (Lipinski definition) is 5. The van der Waals surface area contributed by atoms with E-state index in [1.807, 2.05) is 43.3 Å². The summed E-state index contributed by atoms with van der Waals surface area (Å²) in [6.45, 7) is 7.10. The Morgan fingerprint density at radius 3 is 2.36 bits per heavy atom. The Morgan fingerprint density at radius 1 is 1.14 bits per heavy atom. The van der Waals surface area contributed by atoms with Crippen LogP contribution in [-0.2, 0) is 23.8 Å². The summed E-state index contributed by atoms with van der Waals surface area (Å²) in [4.78, 5) is 23.7. The van der Waals surface area contributed by atoms with Gasteiger partial charge < -0.3 is 9.47 Å².